The molecule has 6 heteroatoms. The molecule has 0 radical (unpaired) electrons. The fourth-order valence-electron chi connectivity index (χ4n) is 2.06. The molecule has 0 aliphatic carbocycles. The predicted molar refractivity (Wildman–Crippen MR) is 78.2 cm³/mol. The van der Waals surface area contributed by atoms with Crippen molar-refractivity contribution in [1.29, 1.82) is 5.26 Å². The van der Waals surface area contributed by atoms with Crippen molar-refractivity contribution in [2.24, 2.45) is 0 Å². The van der Waals surface area contributed by atoms with Crippen molar-refractivity contribution in [2.75, 3.05) is 13.2 Å². The maximum absolute atomic E-state index is 9.44. The van der Waals surface area contributed by atoms with Gasteiger partial charge in [0.25, 0.3) is 0 Å². The van der Waals surface area contributed by atoms with Crippen molar-refractivity contribution in [3.63, 3.8) is 0 Å². The lowest BCUT2D eigenvalue weighted by atomic mass is 10.0. The highest BCUT2D eigenvalue weighted by atomic mass is 28.4. The van der Waals surface area contributed by atoms with E-state index >= 15 is 0 Å². The summed E-state index contributed by atoms with van der Waals surface area (Å²) in [7, 11) is -1.87. The molecule has 0 fully saturated rings. The van der Waals surface area contributed by atoms with Crippen LogP contribution in [0.5, 0.6) is 0 Å². The van der Waals surface area contributed by atoms with E-state index in [1.165, 1.54) is 0 Å². The Kier molecular flexibility index (Phi) is 6.05. The standard InChI is InChI=1S/C14H25NO4Si/c1-6-16-12-8-9-14(17-7-2,18-11-12)13(10-15)19-20(3,4)5/h11,13H,6-9H2,1-5H3. The summed E-state index contributed by atoms with van der Waals surface area (Å²) < 4.78 is 22.9. The number of nitriles is 1. The minimum atomic E-state index is -1.87. The number of nitrogens with zero attached hydrogens (tertiary/aromatic N) is 1. The zero-order valence-electron chi connectivity index (χ0n) is 13.1. The van der Waals surface area contributed by atoms with Crippen molar-refractivity contribution in [2.45, 2.75) is 58.2 Å². The van der Waals surface area contributed by atoms with E-state index in [1.54, 1.807) is 6.26 Å². The lowest BCUT2D eigenvalue weighted by Crippen LogP contribution is -2.52. The molecule has 0 aromatic carbocycles. The van der Waals surface area contributed by atoms with Crippen LogP contribution in [-0.2, 0) is 18.6 Å². The van der Waals surface area contributed by atoms with Gasteiger partial charge >= 0.3 is 0 Å². The normalized spacial score (nSPS) is 24.3. The highest BCUT2D eigenvalue weighted by molar-refractivity contribution is 6.69. The van der Waals surface area contributed by atoms with Crippen molar-refractivity contribution < 1.29 is 18.6 Å². The first kappa shape index (κ1) is 17.0. The van der Waals surface area contributed by atoms with Crippen LogP contribution in [0.4, 0.5) is 0 Å². The summed E-state index contributed by atoms with van der Waals surface area (Å²) in [6.07, 6.45) is 2.06. The zero-order valence-corrected chi connectivity index (χ0v) is 14.1. The average Bonchev–Trinajstić information content (AvgIpc) is 2.38. The topological polar surface area (TPSA) is 60.7 Å². The largest absolute Gasteiger partial charge is 0.495 e. The Balaban J connectivity index is 2.90. The van der Waals surface area contributed by atoms with E-state index in [2.05, 4.69) is 6.07 Å². The lowest BCUT2D eigenvalue weighted by Gasteiger charge is -2.40. The molecular weight excluding hydrogens is 274 g/mol. The molecule has 0 aromatic heterocycles. The van der Waals surface area contributed by atoms with Crippen molar-refractivity contribution >= 4 is 8.32 Å². The molecule has 0 saturated heterocycles. The van der Waals surface area contributed by atoms with E-state index in [1.807, 2.05) is 33.5 Å². The van der Waals surface area contributed by atoms with Crippen molar-refractivity contribution in [1.82, 2.24) is 0 Å². The van der Waals surface area contributed by atoms with Gasteiger partial charge in [0, 0.05) is 19.4 Å². The van der Waals surface area contributed by atoms with Gasteiger partial charge in [0.05, 0.1) is 6.61 Å². The van der Waals surface area contributed by atoms with Crippen LogP contribution in [0.1, 0.15) is 26.7 Å². The van der Waals surface area contributed by atoms with E-state index < -0.39 is 20.2 Å². The summed E-state index contributed by atoms with van der Waals surface area (Å²) in [6, 6.07) is 2.19. The molecule has 0 saturated carbocycles. The van der Waals surface area contributed by atoms with Crippen LogP contribution in [-0.4, -0.2) is 33.4 Å². The Morgan fingerprint density at radius 2 is 2.10 bits per heavy atom. The summed E-state index contributed by atoms with van der Waals surface area (Å²) >= 11 is 0. The third kappa shape index (κ3) is 4.51. The minimum absolute atomic E-state index is 0.463. The van der Waals surface area contributed by atoms with Crippen LogP contribution >= 0.6 is 0 Å². The summed E-state index contributed by atoms with van der Waals surface area (Å²) in [5.41, 5.74) is 0. The second-order valence-electron chi connectivity index (χ2n) is 5.62. The summed E-state index contributed by atoms with van der Waals surface area (Å²) in [4.78, 5) is 0. The molecule has 1 heterocycles. The quantitative estimate of drug-likeness (QED) is 0.676. The summed E-state index contributed by atoms with van der Waals surface area (Å²) in [5.74, 6) is -0.239. The van der Waals surface area contributed by atoms with Crippen LogP contribution in [0, 0.1) is 11.3 Å². The van der Waals surface area contributed by atoms with Gasteiger partial charge < -0.3 is 18.6 Å². The summed E-state index contributed by atoms with van der Waals surface area (Å²) in [5, 5.41) is 9.44. The van der Waals surface area contributed by atoms with Crippen molar-refractivity contribution in [3.8, 4) is 6.07 Å². The Morgan fingerprint density at radius 3 is 2.50 bits per heavy atom. The molecule has 20 heavy (non-hydrogen) atoms. The third-order valence-electron chi connectivity index (χ3n) is 2.82. The van der Waals surface area contributed by atoms with Gasteiger partial charge in [-0.2, -0.15) is 5.26 Å². The number of allylic oxidation sites excluding steroid dienone is 1. The van der Waals surface area contributed by atoms with Gasteiger partial charge in [-0.15, -0.1) is 0 Å². The number of ether oxygens (including phenoxy) is 3. The maximum atomic E-state index is 9.44. The Morgan fingerprint density at radius 1 is 1.40 bits per heavy atom. The first-order valence-electron chi connectivity index (χ1n) is 7.08. The van der Waals surface area contributed by atoms with Gasteiger partial charge in [0.1, 0.15) is 18.1 Å². The molecular formula is C14H25NO4Si. The van der Waals surface area contributed by atoms with Gasteiger partial charge in [0.15, 0.2) is 14.4 Å². The van der Waals surface area contributed by atoms with Gasteiger partial charge in [0.2, 0.25) is 5.79 Å². The van der Waals surface area contributed by atoms with Crippen molar-refractivity contribution in [3.05, 3.63) is 12.0 Å². The van der Waals surface area contributed by atoms with Gasteiger partial charge in [-0.05, 0) is 33.5 Å². The lowest BCUT2D eigenvalue weighted by molar-refractivity contribution is -0.251. The first-order chi connectivity index (χ1) is 9.37. The van der Waals surface area contributed by atoms with E-state index in [-0.39, 0.29) is 0 Å². The maximum Gasteiger partial charge on any atom is 0.249 e. The molecule has 1 aliphatic heterocycles. The van der Waals surface area contributed by atoms with E-state index in [0.29, 0.717) is 26.1 Å². The first-order valence-corrected chi connectivity index (χ1v) is 10.5. The van der Waals surface area contributed by atoms with Crippen LogP contribution < -0.4 is 0 Å². The monoisotopic (exact) mass is 299 g/mol. The highest BCUT2D eigenvalue weighted by Gasteiger charge is 2.46. The minimum Gasteiger partial charge on any atom is -0.495 e. The molecule has 2 unspecified atom stereocenters. The van der Waals surface area contributed by atoms with Gasteiger partial charge in [-0.25, -0.2) is 0 Å². The fourth-order valence-corrected chi connectivity index (χ4v) is 3.00. The molecule has 2 atom stereocenters. The van der Waals surface area contributed by atoms with E-state index in [4.69, 9.17) is 18.6 Å². The fraction of sp³-hybridized carbons (Fsp3) is 0.786. The third-order valence-corrected chi connectivity index (χ3v) is 3.76. The average molecular weight is 299 g/mol. The van der Waals surface area contributed by atoms with Crippen LogP contribution in [0.15, 0.2) is 12.0 Å². The van der Waals surface area contributed by atoms with Crippen LogP contribution in [0.2, 0.25) is 19.6 Å². The Bertz CT molecular complexity index is 386. The molecule has 5 nitrogen and oxygen atoms in total. The number of hydrogen-bond acceptors (Lipinski definition) is 5. The molecule has 114 valence electrons. The molecule has 0 aromatic rings. The smallest absolute Gasteiger partial charge is 0.249 e. The van der Waals surface area contributed by atoms with Crippen LogP contribution in [0.25, 0.3) is 0 Å². The van der Waals surface area contributed by atoms with E-state index in [0.717, 1.165) is 5.76 Å². The van der Waals surface area contributed by atoms with Gasteiger partial charge in [-0.3, -0.25) is 0 Å². The predicted octanol–water partition coefficient (Wildman–Crippen LogP) is 3.15. The number of hydrogen-bond donors (Lipinski definition) is 0. The molecule has 0 amide bonds. The van der Waals surface area contributed by atoms with E-state index in [9.17, 15) is 5.26 Å². The second-order valence-corrected chi connectivity index (χ2v) is 10.1. The van der Waals surface area contributed by atoms with Gasteiger partial charge in [-0.1, -0.05) is 0 Å². The highest BCUT2D eigenvalue weighted by Crippen LogP contribution is 2.34. The zero-order chi connectivity index (χ0) is 15.2. The SMILES string of the molecule is CCOC1=COC(OCC)(C(C#N)O[Si](C)(C)C)CC1. The van der Waals surface area contributed by atoms with Crippen LogP contribution in [0.3, 0.4) is 0 Å². The second kappa shape index (κ2) is 7.11. The molecule has 0 spiro atoms. The molecule has 0 N–H and O–H groups in total. The molecule has 1 rings (SSSR count). The summed E-state index contributed by atoms with van der Waals surface area (Å²) in [6.45, 7) is 11.0. The Labute approximate surface area is 122 Å². The Hall–Kier alpha value is -1.03. The molecule has 0 bridgehead atoms. The molecule has 1 aliphatic rings. The number of rotatable bonds is 7.